The minimum absolute atomic E-state index is 0.0822. The van der Waals surface area contributed by atoms with Crippen LogP contribution in [0.3, 0.4) is 0 Å². The molecule has 4 heteroatoms. The van der Waals surface area contributed by atoms with E-state index in [-0.39, 0.29) is 5.91 Å². The Morgan fingerprint density at radius 3 is 2.57 bits per heavy atom. The van der Waals surface area contributed by atoms with Crippen LogP contribution in [0.2, 0.25) is 0 Å². The first-order chi connectivity index (χ1) is 10.1. The van der Waals surface area contributed by atoms with Gasteiger partial charge in [0, 0.05) is 37.1 Å². The Labute approximate surface area is 125 Å². The van der Waals surface area contributed by atoms with Gasteiger partial charge in [0.25, 0.3) is 5.91 Å². The van der Waals surface area contributed by atoms with Crippen LogP contribution in [-0.2, 0) is 0 Å². The molecule has 0 aliphatic rings. The number of rotatable bonds is 5. The molecule has 0 fully saturated rings. The third kappa shape index (κ3) is 3.75. The Bertz CT molecular complexity index is 611. The van der Waals surface area contributed by atoms with Gasteiger partial charge in [-0.2, -0.15) is 0 Å². The standard InChI is InChI=1S/C17H21N3O/c1-13-15(9-6-10-16(13)18)17(21)19-11-12-20(2)14-7-4-3-5-8-14/h3-10H,11-12,18H2,1-2H3,(H,19,21). The van der Waals surface area contributed by atoms with Gasteiger partial charge in [-0.25, -0.2) is 0 Å². The molecule has 0 saturated heterocycles. The fraction of sp³-hybridized carbons (Fsp3) is 0.235. The molecule has 0 spiro atoms. The summed E-state index contributed by atoms with van der Waals surface area (Å²) in [5.74, 6) is -0.0822. The number of nitrogens with one attached hydrogen (secondary N) is 1. The molecule has 0 bridgehead atoms. The van der Waals surface area contributed by atoms with Gasteiger partial charge >= 0.3 is 0 Å². The topological polar surface area (TPSA) is 58.4 Å². The van der Waals surface area contributed by atoms with Crippen molar-refractivity contribution < 1.29 is 4.79 Å². The van der Waals surface area contributed by atoms with Gasteiger partial charge in [-0.1, -0.05) is 24.3 Å². The summed E-state index contributed by atoms with van der Waals surface area (Å²) in [6.45, 7) is 3.19. The number of hydrogen-bond donors (Lipinski definition) is 2. The molecule has 0 atom stereocenters. The third-order valence-corrected chi connectivity index (χ3v) is 3.55. The van der Waals surface area contributed by atoms with Crippen LogP contribution in [0.5, 0.6) is 0 Å². The zero-order valence-electron chi connectivity index (χ0n) is 12.5. The Balaban J connectivity index is 1.89. The lowest BCUT2D eigenvalue weighted by Crippen LogP contribution is -2.33. The smallest absolute Gasteiger partial charge is 0.251 e. The molecule has 4 nitrogen and oxygen atoms in total. The predicted molar refractivity (Wildman–Crippen MR) is 87.6 cm³/mol. The number of anilines is 2. The van der Waals surface area contributed by atoms with Gasteiger partial charge in [0.05, 0.1) is 0 Å². The average molecular weight is 283 g/mol. The van der Waals surface area contributed by atoms with E-state index in [2.05, 4.69) is 10.2 Å². The van der Waals surface area contributed by atoms with E-state index < -0.39 is 0 Å². The fourth-order valence-corrected chi connectivity index (χ4v) is 2.14. The summed E-state index contributed by atoms with van der Waals surface area (Å²) < 4.78 is 0. The van der Waals surface area contributed by atoms with Crippen LogP contribution in [0.1, 0.15) is 15.9 Å². The normalized spacial score (nSPS) is 10.2. The van der Waals surface area contributed by atoms with Crippen LogP contribution in [0.4, 0.5) is 11.4 Å². The van der Waals surface area contributed by atoms with E-state index in [1.165, 1.54) is 0 Å². The molecule has 2 rings (SSSR count). The maximum atomic E-state index is 12.2. The number of carbonyl (C=O) groups is 1. The SMILES string of the molecule is Cc1c(N)cccc1C(=O)NCCN(C)c1ccccc1. The Morgan fingerprint density at radius 1 is 1.14 bits per heavy atom. The maximum Gasteiger partial charge on any atom is 0.251 e. The van der Waals surface area contributed by atoms with E-state index in [1.807, 2.05) is 44.3 Å². The summed E-state index contributed by atoms with van der Waals surface area (Å²) in [5, 5.41) is 2.93. The van der Waals surface area contributed by atoms with Crippen molar-refractivity contribution in [3.63, 3.8) is 0 Å². The zero-order chi connectivity index (χ0) is 15.2. The number of nitrogens with two attached hydrogens (primary N) is 1. The summed E-state index contributed by atoms with van der Waals surface area (Å²) in [5.41, 5.74) is 9.06. The molecule has 2 aromatic rings. The van der Waals surface area contributed by atoms with Crippen molar-refractivity contribution in [3.05, 3.63) is 59.7 Å². The van der Waals surface area contributed by atoms with E-state index in [1.54, 1.807) is 18.2 Å². The number of nitrogen functional groups attached to an aromatic ring is 1. The monoisotopic (exact) mass is 283 g/mol. The Kier molecular flexibility index (Phi) is 4.82. The van der Waals surface area contributed by atoms with Gasteiger partial charge in [-0.15, -0.1) is 0 Å². The van der Waals surface area contributed by atoms with E-state index in [9.17, 15) is 4.79 Å². The van der Waals surface area contributed by atoms with Crippen LogP contribution >= 0.6 is 0 Å². The lowest BCUT2D eigenvalue weighted by molar-refractivity contribution is 0.0954. The van der Waals surface area contributed by atoms with Crippen molar-refractivity contribution in [2.24, 2.45) is 0 Å². The minimum Gasteiger partial charge on any atom is -0.398 e. The van der Waals surface area contributed by atoms with E-state index in [4.69, 9.17) is 5.73 Å². The number of carbonyl (C=O) groups excluding carboxylic acids is 1. The van der Waals surface area contributed by atoms with Crippen LogP contribution in [0, 0.1) is 6.92 Å². The number of likely N-dealkylation sites (N-methyl/N-ethyl adjacent to an activating group) is 1. The molecular weight excluding hydrogens is 262 g/mol. The lowest BCUT2D eigenvalue weighted by Gasteiger charge is -2.19. The first kappa shape index (κ1) is 14.9. The highest BCUT2D eigenvalue weighted by molar-refractivity contribution is 5.96. The Hall–Kier alpha value is -2.49. The lowest BCUT2D eigenvalue weighted by atomic mass is 10.1. The minimum atomic E-state index is -0.0822. The van der Waals surface area contributed by atoms with Crippen molar-refractivity contribution in [3.8, 4) is 0 Å². The first-order valence-corrected chi connectivity index (χ1v) is 6.99. The molecule has 0 unspecified atom stereocenters. The molecule has 0 aromatic heterocycles. The van der Waals surface area contributed by atoms with Crippen LogP contribution in [0.25, 0.3) is 0 Å². The van der Waals surface area contributed by atoms with Crippen LogP contribution in [0.15, 0.2) is 48.5 Å². The van der Waals surface area contributed by atoms with E-state index >= 15 is 0 Å². The molecule has 0 heterocycles. The zero-order valence-corrected chi connectivity index (χ0v) is 12.5. The van der Waals surface area contributed by atoms with Crippen LogP contribution in [-0.4, -0.2) is 26.0 Å². The molecule has 1 amide bonds. The summed E-state index contributed by atoms with van der Waals surface area (Å²) in [6, 6.07) is 15.5. The Morgan fingerprint density at radius 2 is 1.86 bits per heavy atom. The van der Waals surface area contributed by atoms with Gasteiger partial charge in [-0.05, 0) is 36.8 Å². The number of para-hydroxylation sites is 1. The molecule has 0 aliphatic carbocycles. The second-order valence-electron chi connectivity index (χ2n) is 5.03. The maximum absolute atomic E-state index is 12.2. The molecule has 0 radical (unpaired) electrons. The molecule has 0 saturated carbocycles. The quantitative estimate of drug-likeness (QED) is 0.829. The summed E-state index contributed by atoms with van der Waals surface area (Å²) in [7, 11) is 2.01. The van der Waals surface area contributed by atoms with E-state index in [0.717, 1.165) is 17.8 Å². The van der Waals surface area contributed by atoms with Gasteiger partial charge in [-0.3, -0.25) is 4.79 Å². The third-order valence-electron chi connectivity index (χ3n) is 3.55. The van der Waals surface area contributed by atoms with Crippen LogP contribution < -0.4 is 16.0 Å². The summed E-state index contributed by atoms with van der Waals surface area (Å²) in [4.78, 5) is 14.3. The predicted octanol–water partition coefficient (Wildman–Crippen LogP) is 2.44. The second-order valence-corrected chi connectivity index (χ2v) is 5.03. The molecular formula is C17H21N3O. The molecule has 21 heavy (non-hydrogen) atoms. The largest absolute Gasteiger partial charge is 0.398 e. The van der Waals surface area contributed by atoms with Crippen molar-refractivity contribution in [2.75, 3.05) is 30.8 Å². The molecule has 0 aliphatic heterocycles. The van der Waals surface area contributed by atoms with Gasteiger partial charge in [0.1, 0.15) is 0 Å². The van der Waals surface area contributed by atoms with Crippen molar-refractivity contribution in [2.45, 2.75) is 6.92 Å². The van der Waals surface area contributed by atoms with Gasteiger partial charge in [0.2, 0.25) is 0 Å². The highest BCUT2D eigenvalue weighted by atomic mass is 16.1. The summed E-state index contributed by atoms with van der Waals surface area (Å²) >= 11 is 0. The number of nitrogens with zero attached hydrogens (tertiary/aromatic N) is 1. The number of amides is 1. The second kappa shape index (κ2) is 6.79. The summed E-state index contributed by atoms with van der Waals surface area (Å²) in [6.07, 6.45) is 0. The molecule has 110 valence electrons. The van der Waals surface area contributed by atoms with Crippen molar-refractivity contribution in [1.29, 1.82) is 0 Å². The first-order valence-electron chi connectivity index (χ1n) is 6.99. The number of benzene rings is 2. The average Bonchev–Trinajstić information content (AvgIpc) is 2.50. The van der Waals surface area contributed by atoms with Gasteiger partial charge < -0.3 is 16.0 Å². The van der Waals surface area contributed by atoms with Gasteiger partial charge in [0.15, 0.2) is 0 Å². The highest BCUT2D eigenvalue weighted by Crippen LogP contribution is 2.15. The van der Waals surface area contributed by atoms with E-state index in [0.29, 0.717) is 17.8 Å². The fourth-order valence-electron chi connectivity index (χ4n) is 2.14. The highest BCUT2D eigenvalue weighted by Gasteiger charge is 2.10. The number of hydrogen-bond acceptors (Lipinski definition) is 3. The van der Waals surface area contributed by atoms with Crippen molar-refractivity contribution in [1.82, 2.24) is 5.32 Å². The molecule has 2 aromatic carbocycles. The molecule has 3 N–H and O–H groups in total. The van der Waals surface area contributed by atoms with Crippen molar-refractivity contribution >= 4 is 17.3 Å².